The van der Waals surface area contributed by atoms with Crippen molar-refractivity contribution < 1.29 is 14.3 Å². The zero-order valence-electron chi connectivity index (χ0n) is 14.6. The number of carbonyl (C=O) groups excluding carboxylic acids is 1. The van der Waals surface area contributed by atoms with Crippen LogP contribution in [0.1, 0.15) is 25.0 Å². The van der Waals surface area contributed by atoms with E-state index in [-0.39, 0.29) is 17.8 Å². The summed E-state index contributed by atoms with van der Waals surface area (Å²) in [6.45, 7) is 8.11. The molecule has 4 rings (SSSR count). The molecule has 1 fully saturated rings. The molecular formula is C22H22O3. The first kappa shape index (κ1) is 16.1. The van der Waals surface area contributed by atoms with Gasteiger partial charge in [-0.15, -0.1) is 0 Å². The summed E-state index contributed by atoms with van der Waals surface area (Å²) in [5.74, 6) is 0.837. The van der Waals surface area contributed by atoms with Crippen LogP contribution < -0.4 is 4.74 Å². The fourth-order valence-electron chi connectivity index (χ4n) is 3.69. The summed E-state index contributed by atoms with van der Waals surface area (Å²) in [7, 11) is 0. The molecule has 0 aromatic heterocycles. The molecule has 0 N–H and O–H groups in total. The van der Waals surface area contributed by atoms with Crippen LogP contribution in [0.4, 0.5) is 0 Å². The van der Waals surface area contributed by atoms with Crippen LogP contribution in [0.2, 0.25) is 0 Å². The highest BCUT2D eigenvalue weighted by Gasteiger charge is 2.41. The quantitative estimate of drug-likeness (QED) is 0.657. The van der Waals surface area contributed by atoms with Crippen molar-refractivity contribution in [3.05, 3.63) is 65.7 Å². The average Bonchev–Trinajstić information content (AvgIpc) is 2.99. The topological polar surface area (TPSA) is 35.5 Å². The van der Waals surface area contributed by atoms with Crippen LogP contribution in [0, 0.1) is 5.92 Å². The van der Waals surface area contributed by atoms with E-state index in [0.717, 1.165) is 17.7 Å². The molecule has 3 heteroatoms. The number of benzene rings is 2. The molecule has 2 aromatic carbocycles. The molecule has 2 aliphatic rings. The Morgan fingerprint density at radius 1 is 1.20 bits per heavy atom. The number of carbonyl (C=O) groups is 1. The monoisotopic (exact) mass is 334 g/mol. The van der Waals surface area contributed by atoms with Crippen molar-refractivity contribution in [1.82, 2.24) is 0 Å². The predicted molar refractivity (Wildman–Crippen MR) is 97.8 cm³/mol. The van der Waals surface area contributed by atoms with Crippen LogP contribution in [0.3, 0.4) is 0 Å². The summed E-state index contributed by atoms with van der Waals surface area (Å²) in [4.78, 5) is 12.7. The van der Waals surface area contributed by atoms with Gasteiger partial charge in [-0.2, -0.15) is 0 Å². The van der Waals surface area contributed by atoms with Gasteiger partial charge in [-0.1, -0.05) is 43.0 Å². The van der Waals surface area contributed by atoms with Crippen LogP contribution >= 0.6 is 0 Å². The summed E-state index contributed by atoms with van der Waals surface area (Å²) in [5, 5.41) is 0. The number of ether oxygens (including phenoxy) is 2. The lowest BCUT2D eigenvalue weighted by atomic mass is 9.88. The molecule has 0 saturated carbocycles. The third kappa shape index (κ3) is 2.69. The number of rotatable bonds is 5. The van der Waals surface area contributed by atoms with E-state index in [4.69, 9.17) is 9.47 Å². The van der Waals surface area contributed by atoms with E-state index >= 15 is 0 Å². The Morgan fingerprint density at radius 2 is 1.96 bits per heavy atom. The molecule has 0 bridgehead atoms. The smallest absolute Gasteiger partial charge is 0.198 e. The zero-order chi connectivity index (χ0) is 17.6. The van der Waals surface area contributed by atoms with Crippen LogP contribution in [0.5, 0.6) is 5.75 Å². The van der Waals surface area contributed by atoms with Crippen molar-refractivity contribution in [2.24, 2.45) is 5.92 Å². The van der Waals surface area contributed by atoms with Gasteiger partial charge in [0.2, 0.25) is 0 Å². The normalized spacial score (nSPS) is 21.7. The van der Waals surface area contributed by atoms with Crippen LogP contribution in [-0.4, -0.2) is 24.6 Å². The Hall–Kier alpha value is -2.39. The number of hydrogen-bond donors (Lipinski definition) is 0. The largest absolute Gasteiger partial charge is 0.481 e. The molecule has 3 unspecified atom stereocenters. The van der Waals surface area contributed by atoms with Gasteiger partial charge in [0.05, 0.1) is 18.6 Å². The minimum atomic E-state index is -0.531. The number of Topliss-reactive ketones (excluding diaryl/α,β-unsaturated/α-hetero) is 1. The van der Waals surface area contributed by atoms with Gasteiger partial charge in [0.1, 0.15) is 5.75 Å². The second kappa shape index (κ2) is 6.16. The molecule has 0 radical (unpaired) electrons. The summed E-state index contributed by atoms with van der Waals surface area (Å²) in [6, 6.07) is 14.5. The van der Waals surface area contributed by atoms with Gasteiger partial charge in [-0.3, -0.25) is 4.79 Å². The highest BCUT2D eigenvalue weighted by Crippen LogP contribution is 2.42. The van der Waals surface area contributed by atoms with Gasteiger partial charge in [0, 0.05) is 12.0 Å². The molecule has 1 aliphatic heterocycles. The van der Waals surface area contributed by atoms with Gasteiger partial charge in [0.25, 0.3) is 0 Å². The maximum absolute atomic E-state index is 12.7. The molecule has 128 valence electrons. The van der Waals surface area contributed by atoms with Crippen molar-refractivity contribution in [1.29, 1.82) is 0 Å². The molecule has 1 aliphatic carbocycles. The highest BCUT2D eigenvalue weighted by molar-refractivity contribution is 5.98. The Labute approximate surface area is 148 Å². The second-order valence-electron chi connectivity index (χ2n) is 7.00. The summed E-state index contributed by atoms with van der Waals surface area (Å²) in [5.41, 5.74) is 5.45. The molecule has 1 saturated heterocycles. The first-order valence-electron chi connectivity index (χ1n) is 8.74. The van der Waals surface area contributed by atoms with Gasteiger partial charge < -0.3 is 9.47 Å². The van der Waals surface area contributed by atoms with Crippen LogP contribution in [-0.2, 0) is 16.0 Å². The Balaban J connectivity index is 1.68. The highest BCUT2D eigenvalue weighted by atomic mass is 16.5. The minimum absolute atomic E-state index is 0.0299. The van der Waals surface area contributed by atoms with E-state index in [2.05, 4.69) is 36.9 Å². The number of hydrogen-bond acceptors (Lipinski definition) is 3. The molecule has 2 aromatic rings. The minimum Gasteiger partial charge on any atom is -0.481 e. The lowest BCUT2D eigenvalue weighted by Crippen LogP contribution is -2.51. The van der Waals surface area contributed by atoms with Gasteiger partial charge in [-0.05, 0) is 42.2 Å². The Bertz CT molecular complexity index is 852. The molecule has 0 amide bonds. The first-order chi connectivity index (χ1) is 12.1. The Morgan fingerprint density at radius 3 is 2.64 bits per heavy atom. The zero-order valence-corrected chi connectivity index (χ0v) is 14.6. The Kier molecular flexibility index (Phi) is 3.97. The van der Waals surface area contributed by atoms with Crippen LogP contribution in [0.15, 0.2) is 54.6 Å². The molecule has 25 heavy (non-hydrogen) atoms. The SMILES string of the molecule is C=C(C)C(=O)C(Oc1cccc2c1Cc1ccccc1-2)C1COC1C. The molecule has 3 atom stereocenters. The van der Waals surface area contributed by atoms with E-state index in [9.17, 15) is 4.79 Å². The fraction of sp³-hybridized carbons (Fsp3) is 0.318. The van der Waals surface area contributed by atoms with Gasteiger partial charge in [0.15, 0.2) is 11.9 Å². The van der Waals surface area contributed by atoms with Gasteiger partial charge in [-0.25, -0.2) is 0 Å². The molecule has 3 nitrogen and oxygen atoms in total. The third-order valence-corrected chi connectivity index (χ3v) is 5.28. The molecule has 0 spiro atoms. The number of ketones is 1. The summed E-state index contributed by atoms with van der Waals surface area (Å²) in [6.07, 6.45) is 0.338. The lowest BCUT2D eigenvalue weighted by molar-refractivity contribution is -0.156. The van der Waals surface area contributed by atoms with Crippen molar-refractivity contribution in [2.75, 3.05) is 6.61 Å². The number of fused-ring (bicyclic) bond motifs is 3. The van der Waals surface area contributed by atoms with Gasteiger partial charge >= 0.3 is 0 Å². The van der Waals surface area contributed by atoms with Crippen molar-refractivity contribution in [3.8, 4) is 16.9 Å². The van der Waals surface area contributed by atoms with Crippen molar-refractivity contribution in [3.63, 3.8) is 0 Å². The van der Waals surface area contributed by atoms with Crippen molar-refractivity contribution >= 4 is 5.78 Å². The third-order valence-electron chi connectivity index (χ3n) is 5.28. The fourth-order valence-corrected chi connectivity index (χ4v) is 3.69. The maximum Gasteiger partial charge on any atom is 0.198 e. The van der Waals surface area contributed by atoms with E-state index in [1.165, 1.54) is 16.7 Å². The second-order valence-corrected chi connectivity index (χ2v) is 7.00. The first-order valence-corrected chi connectivity index (χ1v) is 8.74. The van der Waals surface area contributed by atoms with E-state index in [0.29, 0.717) is 12.2 Å². The maximum atomic E-state index is 12.7. The van der Waals surface area contributed by atoms with Crippen molar-refractivity contribution in [2.45, 2.75) is 32.5 Å². The predicted octanol–water partition coefficient (Wildman–Crippen LogP) is 4.19. The lowest BCUT2D eigenvalue weighted by Gasteiger charge is -2.39. The van der Waals surface area contributed by atoms with E-state index in [1.54, 1.807) is 6.92 Å². The molecular weight excluding hydrogens is 312 g/mol. The average molecular weight is 334 g/mol. The standard InChI is InChI=1S/C22H22O3/c1-13(2)21(23)22(19-12-24-14(19)3)25-20-10-6-9-17-16-8-5-4-7-15(16)11-18(17)20/h4-10,14,19,22H,1,11-12H2,2-3H3. The summed E-state index contributed by atoms with van der Waals surface area (Å²) >= 11 is 0. The summed E-state index contributed by atoms with van der Waals surface area (Å²) < 4.78 is 11.8. The van der Waals surface area contributed by atoms with E-state index < -0.39 is 6.10 Å². The molecule has 1 heterocycles. The van der Waals surface area contributed by atoms with E-state index in [1.807, 2.05) is 19.1 Å². The van der Waals surface area contributed by atoms with Crippen LogP contribution in [0.25, 0.3) is 11.1 Å².